The van der Waals surface area contributed by atoms with E-state index < -0.39 is 0 Å². The summed E-state index contributed by atoms with van der Waals surface area (Å²) in [4.78, 5) is 15.5. The molecule has 2 aromatic heterocycles. The topological polar surface area (TPSA) is 60.4 Å². The lowest BCUT2D eigenvalue weighted by Gasteiger charge is -2.31. The van der Waals surface area contributed by atoms with E-state index in [0.29, 0.717) is 18.5 Å². The molecule has 0 unspecified atom stereocenters. The molecule has 0 atom stereocenters. The molecule has 0 N–H and O–H groups in total. The molecule has 0 bridgehead atoms. The lowest BCUT2D eigenvalue weighted by Crippen LogP contribution is -2.36. The highest BCUT2D eigenvalue weighted by molar-refractivity contribution is 5.75. The maximum Gasteiger partial charge on any atom is 0.166 e. The monoisotopic (exact) mass is 392 g/mol. The molecule has 0 radical (unpaired) electrons. The molecule has 0 amide bonds. The van der Waals surface area contributed by atoms with Gasteiger partial charge in [0.15, 0.2) is 5.82 Å². The molecular formula is C23H28N4O2. The first-order valence-corrected chi connectivity index (χ1v) is 10.4. The van der Waals surface area contributed by atoms with Crippen LogP contribution in [-0.4, -0.2) is 45.7 Å². The highest BCUT2D eigenvalue weighted by Gasteiger charge is 2.19. The number of likely N-dealkylation sites (tertiary alicyclic amines) is 1. The molecule has 0 spiro atoms. The van der Waals surface area contributed by atoms with Crippen LogP contribution in [0.1, 0.15) is 37.6 Å². The Bertz CT molecular complexity index is 925. The maximum atomic E-state index is 5.95. The summed E-state index contributed by atoms with van der Waals surface area (Å²) in [7, 11) is 0. The molecule has 1 aliphatic rings. The zero-order valence-electron chi connectivity index (χ0n) is 17.0. The normalized spacial score (nSPS) is 15.6. The van der Waals surface area contributed by atoms with Crippen molar-refractivity contribution in [2.75, 3.05) is 19.7 Å². The van der Waals surface area contributed by atoms with Gasteiger partial charge < -0.3 is 9.47 Å². The lowest BCUT2D eigenvalue weighted by atomic mass is 10.1. The van der Waals surface area contributed by atoms with Crippen molar-refractivity contribution in [2.45, 2.75) is 45.4 Å². The SMILES string of the molecule is CCCOC1CCN(Cc2cccc(OCc3ncc4ccncc4n3)c2)CC1. The van der Waals surface area contributed by atoms with Crippen molar-refractivity contribution in [1.82, 2.24) is 19.9 Å². The number of piperidine rings is 1. The third-order valence-corrected chi connectivity index (χ3v) is 5.20. The van der Waals surface area contributed by atoms with Gasteiger partial charge in [-0.25, -0.2) is 9.97 Å². The Morgan fingerprint density at radius 1 is 1.14 bits per heavy atom. The van der Waals surface area contributed by atoms with Gasteiger partial charge in [-0.1, -0.05) is 19.1 Å². The van der Waals surface area contributed by atoms with E-state index in [2.05, 4.69) is 38.9 Å². The summed E-state index contributed by atoms with van der Waals surface area (Å²) >= 11 is 0. The summed E-state index contributed by atoms with van der Waals surface area (Å²) in [6, 6.07) is 10.2. The van der Waals surface area contributed by atoms with E-state index in [1.54, 1.807) is 12.4 Å². The second-order valence-corrected chi connectivity index (χ2v) is 7.50. The predicted molar refractivity (Wildman–Crippen MR) is 113 cm³/mol. The number of hydrogen-bond donors (Lipinski definition) is 0. The third kappa shape index (κ3) is 5.49. The molecule has 6 nitrogen and oxygen atoms in total. The van der Waals surface area contributed by atoms with Crippen LogP contribution in [0, 0.1) is 0 Å². The van der Waals surface area contributed by atoms with Crippen molar-refractivity contribution in [3.8, 4) is 5.75 Å². The van der Waals surface area contributed by atoms with Crippen LogP contribution in [0.5, 0.6) is 5.75 Å². The number of benzene rings is 1. The Balaban J connectivity index is 1.30. The maximum absolute atomic E-state index is 5.95. The lowest BCUT2D eigenvalue weighted by molar-refractivity contribution is 0.00625. The summed E-state index contributed by atoms with van der Waals surface area (Å²) in [5, 5.41) is 0.981. The highest BCUT2D eigenvalue weighted by atomic mass is 16.5. The highest BCUT2D eigenvalue weighted by Crippen LogP contribution is 2.20. The first kappa shape index (κ1) is 19.7. The second-order valence-electron chi connectivity index (χ2n) is 7.50. The molecule has 0 aliphatic carbocycles. The van der Waals surface area contributed by atoms with Crippen LogP contribution in [0.2, 0.25) is 0 Å². The quantitative estimate of drug-likeness (QED) is 0.578. The average Bonchev–Trinajstić information content (AvgIpc) is 2.77. The minimum Gasteiger partial charge on any atom is -0.486 e. The van der Waals surface area contributed by atoms with Crippen molar-refractivity contribution in [3.63, 3.8) is 0 Å². The molecule has 29 heavy (non-hydrogen) atoms. The number of hydrogen-bond acceptors (Lipinski definition) is 6. The van der Waals surface area contributed by atoms with Gasteiger partial charge in [0.2, 0.25) is 0 Å². The second kappa shape index (κ2) is 9.76. The number of fused-ring (bicyclic) bond motifs is 1. The van der Waals surface area contributed by atoms with E-state index in [1.165, 1.54) is 5.56 Å². The van der Waals surface area contributed by atoms with Gasteiger partial charge in [-0.15, -0.1) is 0 Å². The first-order valence-electron chi connectivity index (χ1n) is 10.4. The van der Waals surface area contributed by atoms with E-state index in [0.717, 1.165) is 62.2 Å². The van der Waals surface area contributed by atoms with Crippen molar-refractivity contribution >= 4 is 10.9 Å². The van der Waals surface area contributed by atoms with Crippen molar-refractivity contribution in [1.29, 1.82) is 0 Å². The van der Waals surface area contributed by atoms with E-state index in [4.69, 9.17) is 9.47 Å². The number of aromatic nitrogens is 3. The number of nitrogens with zero attached hydrogens (tertiary/aromatic N) is 4. The van der Waals surface area contributed by atoms with Crippen LogP contribution >= 0.6 is 0 Å². The van der Waals surface area contributed by atoms with E-state index >= 15 is 0 Å². The Hall–Kier alpha value is -2.57. The van der Waals surface area contributed by atoms with Crippen LogP contribution in [0.25, 0.3) is 10.9 Å². The van der Waals surface area contributed by atoms with Gasteiger partial charge in [0.1, 0.15) is 12.4 Å². The molecule has 1 aliphatic heterocycles. The Kier molecular flexibility index (Phi) is 6.64. The molecule has 1 saturated heterocycles. The van der Waals surface area contributed by atoms with E-state index in [9.17, 15) is 0 Å². The van der Waals surface area contributed by atoms with Gasteiger partial charge in [0, 0.05) is 44.0 Å². The minimum absolute atomic E-state index is 0.342. The van der Waals surface area contributed by atoms with E-state index in [-0.39, 0.29) is 0 Å². The van der Waals surface area contributed by atoms with Crippen molar-refractivity contribution < 1.29 is 9.47 Å². The van der Waals surface area contributed by atoms with E-state index in [1.807, 2.05) is 24.4 Å². The molecule has 4 rings (SSSR count). The van der Waals surface area contributed by atoms with Gasteiger partial charge in [-0.3, -0.25) is 9.88 Å². The molecule has 6 heteroatoms. The summed E-state index contributed by atoms with van der Waals surface area (Å²) in [5.74, 6) is 1.50. The smallest absolute Gasteiger partial charge is 0.166 e. The zero-order chi connectivity index (χ0) is 19.9. The summed E-state index contributed by atoms with van der Waals surface area (Å²) < 4.78 is 11.8. The molecule has 0 saturated carbocycles. The minimum atomic E-state index is 0.342. The standard InChI is InChI=1S/C23H28N4O2/c1-2-12-28-20-7-10-27(11-8-20)16-18-4-3-5-21(13-18)29-17-23-25-14-19-6-9-24-15-22(19)26-23/h3-6,9,13-15,20H,2,7-8,10-12,16-17H2,1H3. The molecule has 3 heterocycles. The summed E-state index contributed by atoms with van der Waals surface area (Å²) in [6.45, 7) is 6.48. The number of rotatable bonds is 8. The van der Waals surface area contributed by atoms with Gasteiger partial charge >= 0.3 is 0 Å². The molecule has 3 aromatic rings. The van der Waals surface area contributed by atoms with Crippen LogP contribution in [0.3, 0.4) is 0 Å². The molecular weight excluding hydrogens is 364 g/mol. The van der Waals surface area contributed by atoms with Crippen LogP contribution < -0.4 is 4.74 Å². The largest absolute Gasteiger partial charge is 0.486 e. The van der Waals surface area contributed by atoms with Gasteiger partial charge in [-0.2, -0.15) is 0 Å². The van der Waals surface area contributed by atoms with Crippen LogP contribution in [0.15, 0.2) is 48.9 Å². The first-order chi connectivity index (χ1) is 14.3. The third-order valence-electron chi connectivity index (χ3n) is 5.20. The molecule has 1 aromatic carbocycles. The fourth-order valence-electron chi connectivity index (χ4n) is 3.64. The van der Waals surface area contributed by atoms with Crippen LogP contribution in [0.4, 0.5) is 0 Å². The van der Waals surface area contributed by atoms with Gasteiger partial charge in [0.25, 0.3) is 0 Å². The number of ether oxygens (including phenoxy) is 2. The van der Waals surface area contributed by atoms with Gasteiger partial charge in [-0.05, 0) is 43.0 Å². The molecule has 152 valence electrons. The average molecular weight is 393 g/mol. The fourth-order valence-corrected chi connectivity index (χ4v) is 3.64. The summed E-state index contributed by atoms with van der Waals surface area (Å²) in [5.41, 5.74) is 2.10. The zero-order valence-corrected chi connectivity index (χ0v) is 17.0. The van der Waals surface area contributed by atoms with Crippen molar-refractivity contribution in [2.24, 2.45) is 0 Å². The predicted octanol–water partition coefficient (Wildman–Crippen LogP) is 3.99. The Labute approximate surface area is 171 Å². The van der Waals surface area contributed by atoms with Gasteiger partial charge in [0.05, 0.1) is 17.8 Å². The fraction of sp³-hybridized carbons (Fsp3) is 0.435. The van der Waals surface area contributed by atoms with Crippen molar-refractivity contribution in [3.05, 3.63) is 60.3 Å². The number of pyridine rings is 1. The summed E-state index contributed by atoms with van der Waals surface area (Å²) in [6.07, 6.45) is 9.06. The Morgan fingerprint density at radius 3 is 2.90 bits per heavy atom. The van der Waals surface area contributed by atoms with Crippen LogP contribution in [-0.2, 0) is 17.9 Å². The Morgan fingerprint density at radius 2 is 2.03 bits per heavy atom. The molecule has 1 fully saturated rings.